The fourth-order valence-corrected chi connectivity index (χ4v) is 3.04. The van der Waals surface area contributed by atoms with E-state index in [1.165, 1.54) is 50.0 Å². The van der Waals surface area contributed by atoms with Gasteiger partial charge in [-0.3, -0.25) is 5.10 Å². The minimum absolute atomic E-state index is 0.630. The molecule has 2 heterocycles. The van der Waals surface area contributed by atoms with Crippen molar-refractivity contribution < 1.29 is 4.90 Å². The minimum Gasteiger partial charge on any atom is -0.382 e. The van der Waals surface area contributed by atoms with Gasteiger partial charge in [-0.15, -0.1) is 0 Å². The van der Waals surface area contributed by atoms with Crippen LogP contribution in [0.15, 0.2) is 24.4 Å². The molecule has 0 bridgehead atoms. The average molecular weight is 259 g/mol. The number of piperidine rings is 1. The number of quaternary nitrogens is 1. The molecule has 1 fully saturated rings. The predicted molar refractivity (Wildman–Crippen MR) is 78.6 cm³/mol. The SMILES string of the molecule is CCC[NH+]1CCC(Nc2ccc3[nH]ncc3c2)CC1. The molecule has 1 aromatic carbocycles. The largest absolute Gasteiger partial charge is 0.382 e. The first-order valence-corrected chi connectivity index (χ1v) is 7.38. The van der Waals surface area contributed by atoms with Crippen LogP contribution < -0.4 is 10.2 Å². The van der Waals surface area contributed by atoms with E-state index < -0.39 is 0 Å². The Morgan fingerprint density at radius 2 is 2.21 bits per heavy atom. The summed E-state index contributed by atoms with van der Waals surface area (Å²) in [6.07, 6.45) is 5.73. The molecule has 1 aliphatic heterocycles. The molecule has 0 atom stereocenters. The monoisotopic (exact) mass is 259 g/mol. The molecule has 0 spiro atoms. The summed E-state index contributed by atoms with van der Waals surface area (Å²) in [5.41, 5.74) is 2.32. The molecule has 102 valence electrons. The topological polar surface area (TPSA) is 45.1 Å². The maximum absolute atomic E-state index is 4.06. The molecular weight excluding hydrogens is 236 g/mol. The average Bonchev–Trinajstić information content (AvgIpc) is 2.89. The molecular formula is C15H23N4+. The lowest BCUT2D eigenvalue weighted by Crippen LogP contribution is -3.13. The van der Waals surface area contributed by atoms with Crippen LogP contribution in [0.1, 0.15) is 26.2 Å². The van der Waals surface area contributed by atoms with Crippen molar-refractivity contribution in [3.63, 3.8) is 0 Å². The second-order valence-corrected chi connectivity index (χ2v) is 5.59. The number of fused-ring (bicyclic) bond motifs is 1. The van der Waals surface area contributed by atoms with Crippen LogP contribution in [0, 0.1) is 0 Å². The maximum atomic E-state index is 4.06. The quantitative estimate of drug-likeness (QED) is 0.778. The number of nitrogens with one attached hydrogen (secondary N) is 3. The highest BCUT2D eigenvalue weighted by Crippen LogP contribution is 2.18. The molecule has 4 heteroatoms. The lowest BCUT2D eigenvalue weighted by molar-refractivity contribution is -0.905. The molecule has 0 aliphatic carbocycles. The second kappa shape index (κ2) is 5.61. The zero-order chi connectivity index (χ0) is 13.1. The van der Waals surface area contributed by atoms with Crippen LogP contribution in [0.5, 0.6) is 0 Å². The first-order chi connectivity index (χ1) is 9.35. The van der Waals surface area contributed by atoms with E-state index >= 15 is 0 Å². The number of rotatable bonds is 4. The van der Waals surface area contributed by atoms with Crippen molar-refractivity contribution in [2.24, 2.45) is 0 Å². The van der Waals surface area contributed by atoms with Crippen LogP contribution in [-0.2, 0) is 0 Å². The maximum Gasteiger partial charge on any atom is 0.0790 e. The fourth-order valence-electron chi connectivity index (χ4n) is 3.04. The zero-order valence-corrected chi connectivity index (χ0v) is 11.6. The van der Waals surface area contributed by atoms with Crippen LogP contribution in [-0.4, -0.2) is 35.9 Å². The first-order valence-electron chi connectivity index (χ1n) is 7.38. The Balaban J connectivity index is 1.59. The number of anilines is 1. The van der Waals surface area contributed by atoms with Gasteiger partial charge in [0.15, 0.2) is 0 Å². The van der Waals surface area contributed by atoms with Gasteiger partial charge in [0.2, 0.25) is 0 Å². The Morgan fingerprint density at radius 1 is 1.37 bits per heavy atom. The van der Waals surface area contributed by atoms with Crippen LogP contribution >= 0.6 is 0 Å². The van der Waals surface area contributed by atoms with Crippen molar-refractivity contribution in [1.82, 2.24) is 10.2 Å². The van der Waals surface area contributed by atoms with Gasteiger partial charge in [0.1, 0.15) is 0 Å². The first kappa shape index (κ1) is 12.5. The van der Waals surface area contributed by atoms with E-state index in [0.717, 1.165) is 5.52 Å². The van der Waals surface area contributed by atoms with Gasteiger partial charge in [-0.1, -0.05) is 6.92 Å². The van der Waals surface area contributed by atoms with Gasteiger partial charge >= 0.3 is 0 Å². The Labute approximate surface area is 114 Å². The second-order valence-electron chi connectivity index (χ2n) is 5.59. The number of benzene rings is 1. The van der Waals surface area contributed by atoms with E-state index in [0.29, 0.717) is 6.04 Å². The van der Waals surface area contributed by atoms with Gasteiger partial charge in [-0.25, -0.2) is 0 Å². The normalized spacial score (nSPS) is 23.6. The van der Waals surface area contributed by atoms with Crippen LogP contribution in [0.2, 0.25) is 0 Å². The van der Waals surface area contributed by atoms with E-state index in [-0.39, 0.29) is 0 Å². The smallest absolute Gasteiger partial charge is 0.0790 e. The highest BCUT2D eigenvalue weighted by Gasteiger charge is 2.21. The van der Waals surface area contributed by atoms with Crippen LogP contribution in [0.25, 0.3) is 10.9 Å². The number of hydrogen-bond acceptors (Lipinski definition) is 2. The molecule has 1 aliphatic rings. The molecule has 1 saturated heterocycles. The third-order valence-corrected chi connectivity index (χ3v) is 4.11. The summed E-state index contributed by atoms with van der Waals surface area (Å²) in [6, 6.07) is 7.06. The Morgan fingerprint density at radius 3 is 3.00 bits per heavy atom. The van der Waals surface area contributed by atoms with Crippen molar-refractivity contribution in [2.45, 2.75) is 32.2 Å². The fraction of sp³-hybridized carbons (Fsp3) is 0.533. The summed E-state index contributed by atoms with van der Waals surface area (Å²) in [4.78, 5) is 1.77. The number of aromatic amines is 1. The lowest BCUT2D eigenvalue weighted by Gasteiger charge is -2.30. The Bertz CT molecular complexity index is 526. The summed E-state index contributed by atoms with van der Waals surface area (Å²) in [6.45, 7) is 6.21. The van der Waals surface area contributed by atoms with Crippen molar-refractivity contribution in [1.29, 1.82) is 0 Å². The van der Waals surface area contributed by atoms with E-state index in [4.69, 9.17) is 0 Å². The van der Waals surface area contributed by atoms with E-state index in [1.54, 1.807) is 4.90 Å². The molecule has 19 heavy (non-hydrogen) atoms. The van der Waals surface area contributed by atoms with Crippen LogP contribution in [0.3, 0.4) is 0 Å². The molecule has 0 amide bonds. The van der Waals surface area contributed by atoms with Crippen molar-refractivity contribution in [3.8, 4) is 0 Å². The highest BCUT2D eigenvalue weighted by molar-refractivity contribution is 5.81. The van der Waals surface area contributed by atoms with Crippen molar-refractivity contribution in [3.05, 3.63) is 24.4 Å². The molecule has 0 saturated carbocycles. The van der Waals surface area contributed by atoms with Gasteiger partial charge in [-0.05, 0) is 24.6 Å². The Hall–Kier alpha value is -1.55. The van der Waals surface area contributed by atoms with E-state index in [9.17, 15) is 0 Å². The van der Waals surface area contributed by atoms with Gasteiger partial charge in [-0.2, -0.15) is 5.10 Å². The summed E-state index contributed by atoms with van der Waals surface area (Å²) in [5, 5.41) is 11.9. The summed E-state index contributed by atoms with van der Waals surface area (Å²) in [5.74, 6) is 0. The Kier molecular flexibility index (Phi) is 3.69. The van der Waals surface area contributed by atoms with E-state index in [2.05, 4.69) is 40.6 Å². The van der Waals surface area contributed by atoms with Gasteiger partial charge in [0.25, 0.3) is 0 Å². The van der Waals surface area contributed by atoms with E-state index in [1.807, 2.05) is 6.20 Å². The number of H-pyrrole nitrogens is 1. The van der Waals surface area contributed by atoms with Gasteiger partial charge in [0.05, 0.1) is 31.3 Å². The van der Waals surface area contributed by atoms with Crippen LogP contribution in [0.4, 0.5) is 5.69 Å². The minimum atomic E-state index is 0.630. The molecule has 0 radical (unpaired) electrons. The number of likely N-dealkylation sites (tertiary alicyclic amines) is 1. The third kappa shape index (κ3) is 2.89. The van der Waals surface area contributed by atoms with Gasteiger partial charge < -0.3 is 10.2 Å². The standard InChI is InChI=1S/C15H22N4/c1-2-7-19-8-5-13(6-9-19)17-14-3-4-15-12(10-14)11-16-18-15/h3-4,10-11,13,17H,2,5-9H2,1H3,(H,16,18)/p+1. The molecule has 2 aromatic rings. The summed E-state index contributed by atoms with van der Waals surface area (Å²) < 4.78 is 0. The molecule has 3 N–H and O–H groups in total. The van der Waals surface area contributed by atoms with Crippen molar-refractivity contribution in [2.75, 3.05) is 25.0 Å². The molecule has 0 unspecified atom stereocenters. The third-order valence-electron chi connectivity index (χ3n) is 4.11. The molecule has 4 nitrogen and oxygen atoms in total. The number of hydrogen-bond donors (Lipinski definition) is 3. The molecule has 3 rings (SSSR count). The molecule has 1 aromatic heterocycles. The lowest BCUT2D eigenvalue weighted by atomic mass is 10.0. The zero-order valence-electron chi connectivity index (χ0n) is 11.6. The highest BCUT2D eigenvalue weighted by atomic mass is 15.1. The number of nitrogens with zero attached hydrogens (tertiary/aromatic N) is 1. The summed E-state index contributed by atoms with van der Waals surface area (Å²) in [7, 11) is 0. The predicted octanol–water partition coefficient (Wildman–Crippen LogP) is 1.43. The van der Waals surface area contributed by atoms with Gasteiger partial charge in [0, 0.05) is 30.0 Å². The van der Waals surface area contributed by atoms with Crippen molar-refractivity contribution >= 4 is 16.6 Å². The number of aromatic nitrogens is 2. The summed E-state index contributed by atoms with van der Waals surface area (Å²) >= 11 is 0.